The zero-order valence-electron chi connectivity index (χ0n) is 12.5. The second-order valence-electron chi connectivity index (χ2n) is 5.81. The van der Waals surface area contributed by atoms with E-state index in [2.05, 4.69) is 60.2 Å². The highest BCUT2D eigenvalue weighted by molar-refractivity contribution is 9.10. The molecule has 0 aliphatic carbocycles. The number of hydrogen-bond acceptors (Lipinski definition) is 3. The Morgan fingerprint density at radius 2 is 2.25 bits per heavy atom. The average molecular weight is 358 g/mol. The fraction of sp³-hybridized carbons (Fsp3) is 0.625. The first-order valence-corrected chi connectivity index (χ1v) is 9.01. The summed E-state index contributed by atoms with van der Waals surface area (Å²) in [6, 6.07) is 6.68. The maximum atomic E-state index is 5.63. The molecule has 0 spiro atoms. The van der Waals surface area contributed by atoms with Crippen molar-refractivity contribution < 1.29 is 4.74 Å². The van der Waals surface area contributed by atoms with Gasteiger partial charge in [-0.15, -0.1) is 11.8 Å². The number of benzene rings is 1. The SMILES string of the molecule is CC(C)CNCc1ccc(SC2CCOC2C)c(Br)c1. The third-order valence-electron chi connectivity index (χ3n) is 3.46. The lowest BCUT2D eigenvalue weighted by Gasteiger charge is -2.15. The molecule has 1 N–H and O–H groups in total. The van der Waals surface area contributed by atoms with Crippen molar-refractivity contribution in [1.29, 1.82) is 0 Å². The van der Waals surface area contributed by atoms with E-state index in [0.717, 1.165) is 26.1 Å². The smallest absolute Gasteiger partial charge is 0.0669 e. The third-order valence-corrected chi connectivity index (χ3v) is 5.91. The molecule has 0 saturated carbocycles. The summed E-state index contributed by atoms with van der Waals surface area (Å²) < 4.78 is 6.83. The van der Waals surface area contributed by atoms with Crippen molar-refractivity contribution in [3.8, 4) is 0 Å². The van der Waals surface area contributed by atoms with Crippen LogP contribution in [0.25, 0.3) is 0 Å². The van der Waals surface area contributed by atoms with Crippen LogP contribution in [0.4, 0.5) is 0 Å². The Morgan fingerprint density at radius 3 is 2.85 bits per heavy atom. The molecule has 0 amide bonds. The first-order chi connectivity index (χ1) is 9.56. The average Bonchev–Trinajstić information content (AvgIpc) is 2.78. The summed E-state index contributed by atoms with van der Waals surface area (Å²) in [5.41, 5.74) is 1.33. The molecule has 0 radical (unpaired) electrons. The van der Waals surface area contributed by atoms with E-state index in [-0.39, 0.29) is 0 Å². The fourth-order valence-electron chi connectivity index (χ4n) is 2.29. The van der Waals surface area contributed by atoms with Crippen LogP contribution in [0.3, 0.4) is 0 Å². The van der Waals surface area contributed by atoms with Gasteiger partial charge in [0.15, 0.2) is 0 Å². The molecule has 1 aliphatic rings. The monoisotopic (exact) mass is 357 g/mol. The van der Waals surface area contributed by atoms with Gasteiger partial charge in [0.05, 0.1) is 6.10 Å². The van der Waals surface area contributed by atoms with Gasteiger partial charge in [0.2, 0.25) is 0 Å². The van der Waals surface area contributed by atoms with E-state index in [0.29, 0.717) is 17.3 Å². The van der Waals surface area contributed by atoms with Crippen LogP contribution in [-0.2, 0) is 11.3 Å². The zero-order chi connectivity index (χ0) is 14.5. The van der Waals surface area contributed by atoms with Crippen LogP contribution in [0.1, 0.15) is 32.8 Å². The lowest BCUT2D eigenvalue weighted by molar-refractivity contribution is 0.127. The molecule has 1 aliphatic heterocycles. The maximum absolute atomic E-state index is 5.63. The summed E-state index contributed by atoms with van der Waals surface area (Å²) >= 11 is 5.64. The predicted molar refractivity (Wildman–Crippen MR) is 90.4 cm³/mol. The first kappa shape index (κ1) is 16.3. The Kier molecular flexibility index (Phi) is 6.40. The molecule has 1 aromatic carbocycles. The highest BCUT2D eigenvalue weighted by Gasteiger charge is 2.25. The second kappa shape index (κ2) is 7.83. The summed E-state index contributed by atoms with van der Waals surface area (Å²) in [5.74, 6) is 0.692. The summed E-state index contributed by atoms with van der Waals surface area (Å²) in [6.07, 6.45) is 1.51. The summed E-state index contributed by atoms with van der Waals surface area (Å²) in [5, 5.41) is 4.06. The lowest BCUT2D eigenvalue weighted by atomic mass is 10.2. The quantitative estimate of drug-likeness (QED) is 0.811. The Hall–Kier alpha value is -0.0300. The summed E-state index contributed by atoms with van der Waals surface area (Å²) in [7, 11) is 0. The Bertz CT molecular complexity index is 438. The zero-order valence-corrected chi connectivity index (χ0v) is 14.9. The van der Waals surface area contributed by atoms with Gasteiger partial charge in [-0.3, -0.25) is 0 Å². The largest absolute Gasteiger partial charge is 0.377 e. The number of hydrogen-bond donors (Lipinski definition) is 1. The number of thioether (sulfide) groups is 1. The molecule has 2 atom stereocenters. The van der Waals surface area contributed by atoms with E-state index in [1.54, 1.807) is 0 Å². The van der Waals surface area contributed by atoms with E-state index in [9.17, 15) is 0 Å². The van der Waals surface area contributed by atoms with Gasteiger partial charge in [-0.1, -0.05) is 19.9 Å². The first-order valence-electron chi connectivity index (χ1n) is 7.33. The number of nitrogens with one attached hydrogen (secondary N) is 1. The molecule has 0 bridgehead atoms. The molecule has 1 saturated heterocycles. The van der Waals surface area contributed by atoms with Crippen molar-refractivity contribution in [2.75, 3.05) is 13.2 Å². The van der Waals surface area contributed by atoms with E-state index >= 15 is 0 Å². The Morgan fingerprint density at radius 1 is 1.45 bits per heavy atom. The molecule has 2 unspecified atom stereocenters. The highest BCUT2D eigenvalue weighted by Crippen LogP contribution is 2.36. The minimum absolute atomic E-state index is 0.360. The molecule has 0 aromatic heterocycles. The van der Waals surface area contributed by atoms with Crippen LogP contribution in [0.2, 0.25) is 0 Å². The topological polar surface area (TPSA) is 21.3 Å². The molecule has 1 heterocycles. The van der Waals surface area contributed by atoms with Gasteiger partial charge in [-0.25, -0.2) is 0 Å². The molecule has 1 fully saturated rings. The van der Waals surface area contributed by atoms with Crippen LogP contribution in [0.5, 0.6) is 0 Å². The molecule has 2 rings (SSSR count). The second-order valence-corrected chi connectivity index (χ2v) is 7.95. The fourth-order valence-corrected chi connectivity index (χ4v) is 4.12. The van der Waals surface area contributed by atoms with Crippen molar-refractivity contribution in [1.82, 2.24) is 5.32 Å². The van der Waals surface area contributed by atoms with Gasteiger partial charge < -0.3 is 10.1 Å². The third kappa shape index (κ3) is 4.76. The van der Waals surface area contributed by atoms with Gasteiger partial charge in [-0.05, 0) is 59.4 Å². The minimum atomic E-state index is 0.360. The van der Waals surface area contributed by atoms with Crippen LogP contribution in [0, 0.1) is 5.92 Å². The molecular formula is C16H24BrNOS. The van der Waals surface area contributed by atoms with Gasteiger partial charge in [-0.2, -0.15) is 0 Å². The molecular weight excluding hydrogens is 334 g/mol. The van der Waals surface area contributed by atoms with Crippen molar-refractivity contribution in [3.05, 3.63) is 28.2 Å². The van der Waals surface area contributed by atoms with Crippen molar-refractivity contribution in [2.45, 2.75) is 50.0 Å². The van der Waals surface area contributed by atoms with Crippen LogP contribution >= 0.6 is 27.7 Å². The molecule has 2 nitrogen and oxygen atoms in total. The lowest BCUT2D eigenvalue weighted by Crippen LogP contribution is -2.18. The van der Waals surface area contributed by atoms with Crippen LogP contribution in [-0.4, -0.2) is 24.5 Å². The molecule has 4 heteroatoms. The minimum Gasteiger partial charge on any atom is -0.377 e. The number of rotatable bonds is 6. The standard InChI is InChI=1S/C16H24BrNOS/c1-11(2)9-18-10-13-4-5-16(14(17)8-13)20-15-6-7-19-12(15)3/h4-5,8,11-12,15,18H,6-7,9-10H2,1-3H3. The van der Waals surface area contributed by atoms with E-state index in [1.807, 2.05) is 11.8 Å². The normalized spacial score (nSPS) is 22.6. The van der Waals surface area contributed by atoms with E-state index in [4.69, 9.17) is 4.74 Å². The van der Waals surface area contributed by atoms with Gasteiger partial charge >= 0.3 is 0 Å². The van der Waals surface area contributed by atoms with Gasteiger partial charge in [0.25, 0.3) is 0 Å². The summed E-state index contributed by atoms with van der Waals surface area (Å²) in [4.78, 5) is 1.32. The van der Waals surface area contributed by atoms with Crippen LogP contribution in [0.15, 0.2) is 27.6 Å². The van der Waals surface area contributed by atoms with Crippen molar-refractivity contribution in [3.63, 3.8) is 0 Å². The van der Waals surface area contributed by atoms with E-state index in [1.165, 1.54) is 14.9 Å². The highest BCUT2D eigenvalue weighted by atomic mass is 79.9. The summed E-state index contributed by atoms with van der Waals surface area (Å²) in [6.45, 7) is 9.52. The Labute approximate surface area is 135 Å². The Balaban J connectivity index is 1.91. The number of halogens is 1. The van der Waals surface area contributed by atoms with Crippen molar-refractivity contribution >= 4 is 27.7 Å². The van der Waals surface area contributed by atoms with Gasteiger partial charge in [0.1, 0.15) is 0 Å². The molecule has 112 valence electrons. The van der Waals surface area contributed by atoms with Crippen LogP contribution < -0.4 is 5.32 Å². The maximum Gasteiger partial charge on any atom is 0.0669 e. The predicted octanol–water partition coefficient (Wildman–Crippen LogP) is 4.46. The van der Waals surface area contributed by atoms with E-state index < -0.39 is 0 Å². The molecule has 20 heavy (non-hydrogen) atoms. The number of ether oxygens (including phenoxy) is 1. The van der Waals surface area contributed by atoms with Crippen molar-refractivity contribution in [2.24, 2.45) is 5.92 Å². The molecule has 1 aromatic rings. The van der Waals surface area contributed by atoms with Gasteiger partial charge in [0, 0.05) is 27.8 Å².